The predicted octanol–water partition coefficient (Wildman–Crippen LogP) is 3.74. The SMILES string of the molecule is COC(=O)[C@@H]1C=C2c3cc(Br)cc4[nH]c(Br)c(c34)C[C@H]2N(C)C1. The van der Waals surface area contributed by atoms with Gasteiger partial charge < -0.3 is 9.72 Å². The van der Waals surface area contributed by atoms with Crippen LogP contribution in [-0.4, -0.2) is 42.6 Å². The summed E-state index contributed by atoms with van der Waals surface area (Å²) in [5.74, 6) is -0.385. The lowest BCUT2D eigenvalue weighted by Crippen LogP contribution is -2.44. The lowest BCUT2D eigenvalue weighted by Gasteiger charge is -2.39. The van der Waals surface area contributed by atoms with Crippen LogP contribution in [0.5, 0.6) is 0 Å². The highest BCUT2D eigenvalue weighted by molar-refractivity contribution is 9.10. The molecule has 1 aliphatic heterocycles. The summed E-state index contributed by atoms with van der Waals surface area (Å²) in [5.41, 5.74) is 4.84. The summed E-state index contributed by atoms with van der Waals surface area (Å²) in [7, 11) is 3.53. The van der Waals surface area contributed by atoms with Crippen molar-refractivity contribution in [1.29, 1.82) is 0 Å². The molecule has 0 bridgehead atoms. The Morgan fingerprint density at radius 3 is 2.91 bits per heavy atom. The lowest BCUT2D eigenvalue weighted by atomic mass is 9.80. The van der Waals surface area contributed by atoms with Crippen LogP contribution in [0.15, 0.2) is 27.3 Å². The van der Waals surface area contributed by atoms with E-state index in [9.17, 15) is 4.79 Å². The quantitative estimate of drug-likeness (QED) is 0.688. The van der Waals surface area contributed by atoms with Crippen molar-refractivity contribution in [3.8, 4) is 0 Å². The van der Waals surface area contributed by atoms with Gasteiger partial charge in [-0.25, -0.2) is 0 Å². The van der Waals surface area contributed by atoms with E-state index in [0.29, 0.717) is 6.54 Å². The maximum absolute atomic E-state index is 12.0. The molecule has 1 aromatic heterocycles. The molecule has 0 radical (unpaired) electrons. The van der Waals surface area contributed by atoms with Crippen molar-refractivity contribution in [2.24, 2.45) is 5.92 Å². The number of H-pyrrole nitrogens is 1. The molecular weight excluding hydrogens is 424 g/mol. The second-order valence-electron chi connectivity index (χ2n) is 6.20. The van der Waals surface area contributed by atoms with Gasteiger partial charge in [0.1, 0.15) is 0 Å². The number of hydrogen-bond acceptors (Lipinski definition) is 3. The third kappa shape index (κ3) is 2.30. The first-order valence-corrected chi connectivity index (χ1v) is 9.08. The van der Waals surface area contributed by atoms with Crippen molar-refractivity contribution in [1.82, 2.24) is 9.88 Å². The highest BCUT2D eigenvalue weighted by Gasteiger charge is 2.37. The molecule has 0 spiro atoms. The van der Waals surface area contributed by atoms with E-state index in [1.54, 1.807) is 0 Å². The van der Waals surface area contributed by atoms with Gasteiger partial charge in [0, 0.05) is 28.0 Å². The molecular formula is C17H16Br2N2O2. The molecule has 6 heteroatoms. The second kappa shape index (κ2) is 5.46. The molecule has 0 unspecified atom stereocenters. The molecule has 0 saturated carbocycles. The number of esters is 1. The van der Waals surface area contributed by atoms with E-state index in [2.05, 4.69) is 67.0 Å². The molecule has 120 valence electrons. The molecule has 1 aromatic carbocycles. The largest absolute Gasteiger partial charge is 0.469 e. The normalized spacial score (nSPS) is 23.6. The number of carbonyl (C=O) groups excluding carboxylic acids is 1. The van der Waals surface area contributed by atoms with Gasteiger partial charge in [0.15, 0.2) is 0 Å². The molecule has 0 amide bonds. The zero-order valence-corrected chi connectivity index (χ0v) is 16.0. The zero-order valence-electron chi connectivity index (χ0n) is 12.8. The van der Waals surface area contributed by atoms with Crippen molar-refractivity contribution in [2.45, 2.75) is 12.5 Å². The molecule has 23 heavy (non-hydrogen) atoms. The summed E-state index contributed by atoms with van der Waals surface area (Å²) in [6, 6.07) is 4.53. The van der Waals surface area contributed by atoms with Gasteiger partial charge in [-0.05, 0) is 58.2 Å². The number of aromatic amines is 1. The number of ether oxygens (including phenoxy) is 1. The van der Waals surface area contributed by atoms with Crippen LogP contribution in [0.1, 0.15) is 11.1 Å². The summed E-state index contributed by atoms with van der Waals surface area (Å²) in [6.45, 7) is 0.690. The van der Waals surface area contributed by atoms with Crippen molar-refractivity contribution >= 4 is 54.3 Å². The number of rotatable bonds is 1. The maximum atomic E-state index is 12.0. The molecule has 4 nitrogen and oxygen atoms in total. The van der Waals surface area contributed by atoms with Crippen LogP contribution in [0.25, 0.3) is 16.5 Å². The van der Waals surface area contributed by atoms with E-state index >= 15 is 0 Å². The maximum Gasteiger partial charge on any atom is 0.313 e. The summed E-state index contributed by atoms with van der Waals surface area (Å²) in [5, 5.41) is 1.25. The summed E-state index contributed by atoms with van der Waals surface area (Å²) in [4.78, 5) is 17.7. The number of nitrogens with one attached hydrogen (secondary N) is 1. The van der Waals surface area contributed by atoms with Gasteiger partial charge in [0.2, 0.25) is 0 Å². The first kappa shape index (κ1) is 15.4. The Labute approximate surface area is 151 Å². The van der Waals surface area contributed by atoms with Crippen molar-refractivity contribution < 1.29 is 9.53 Å². The Balaban J connectivity index is 1.96. The van der Waals surface area contributed by atoms with Gasteiger partial charge in [-0.3, -0.25) is 9.69 Å². The molecule has 1 aliphatic carbocycles. The Bertz CT molecular complexity index is 856. The van der Waals surface area contributed by atoms with E-state index < -0.39 is 0 Å². The second-order valence-corrected chi connectivity index (χ2v) is 7.91. The van der Waals surface area contributed by atoms with Crippen molar-refractivity contribution in [2.75, 3.05) is 20.7 Å². The van der Waals surface area contributed by atoms with Crippen LogP contribution in [0.2, 0.25) is 0 Å². The molecule has 2 aliphatic rings. The van der Waals surface area contributed by atoms with E-state index in [1.165, 1.54) is 29.2 Å². The predicted molar refractivity (Wildman–Crippen MR) is 97.3 cm³/mol. The van der Waals surface area contributed by atoms with E-state index in [4.69, 9.17) is 4.74 Å². The van der Waals surface area contributed by atoms with Gasteiger partial charge in [0.25, 0.3) is 0 Å². The first-order chi connectivity index (χ1) is 11.0. The topological polar surface area (TPSA) is 45.3 Å². The van der Waals surface area contributed by atoms with Gasteiger partial charge >= 0.3 is 5.97 Å². The molecule has 0 saturated heterocycles. The molecule has 1 N–H and O–H groups in total. The Kier molecular flexibility index (Phi) is 3.66. The number of methoxy groups -OCH3 is 1. The Morgan fingerprint density at radius 2 is 2.17 bits per heavy atom. The number of carbonyl (C=O) groups is 1. The monoisotopic (exact) mass is 438 g/mol. The zero-order chi connectivity index (χ0) is 16.3. The minimum Gasteiger partial charge on any atom is -0.469 e. The summed E-state index contributed by atoms with van der Waals surface area (Å²) in [6.07, 6.45) is 3.03. The number of benzene rings is 1. The summed E-state index contributed by atoms with van der Waals surface area (Å²) < 4.78 is 7.04. The van der Waals surface area contributed by atoms with E-state index in [0.717, 1.165) is 21.0 Å². The number of hydrogen-bond donors (Lipinski definition) is 1. The molecule has 2 heterocycles. The van der Waals surface area contributed by atoms with E-state index in [-0.39, 0.29) is 17.9 Å². The molecule has 2 aromatic rings. The summed E-state index contributed by atoms with van der Waals surface area (Å²) >= 11 is 7.27. The van der Waals surface area contributed by atoms with E-state index in [1.807, 2.05) is 0 Å². The number of halogens is 2. The molecule has 2 atom stereocenters. The fourth-order valence-corrected chi connectivity index (χ4v) is 4.86. The fourth-order valence-electron chi connectivity index (χ4n) is 3.83. The standard InChI is InChI=1S/C17H16Br2N2O2/c1-21-7-8(17(22)23-2)3-10-11-4-9(18)5-13-15(11)12(6-14(10)21)16(19)20-13/h3-5,8,14,20H,6-7H2,1-2H3/t8-,14-/m1/s1. The van der Waals surface area contributed by atoms with Gasteiger partial charge in [0.05, 0.1) is 17.6 Å². The first-order valence-electron chi connectivity index (χ1n) is 7.49. The Hall–Kier alpha value is -1.11. The number of nitrogens with zero attached hydrogens (tertiary/aromatic N) is 1. The highest BCUT2D eigenvalue weighted by Crippen LogP contribution is 2.44. The van der Waals surface area contributed by atoms with Gasteiger partial charge in [-0.15, -0.1) is 0 Å². The number of aromatic nitrogens is 1. The lowest BCUT2D eigenvalue weighted by molar-refractivity contribution is -0.144. The van der Waals surface area contributed by atoms with Crippen LogP contribution in [-0.2, 0) is 16.0 Å². The smallest absolute Gasteiger partial charge is 0.313 e. The van der Waals surface area contributed by atoms with Crippen molar-refractivity contribution in [3.63, 3.8) is 0 Å². The number of likely N-dealkylation sites (N-methyl/N-ethyl adjacent to an activating group) is 1. The average Bonchev–Trinajstić information content (AvgIpc) is 2.83. The molecule has 4 rings (SSSR count). The molecule has 0 fully saturated rings. The van der Waals surface area contributed by atoms with Gasteiger partial charge in [-0.2, -0.15) is 0 Å². The fraction of sp³-hybridized carbons (Fsp3) is 0.353. The van der Waals surface area contributed by atoms with Crippen LogP contribution in [0.4, 0.5) is 0 Å². The van der Waals surface area contributed by atoms with Crippen LogP contribution < -0.4 is 0 Å². The van der Waals surface area contributed by atoms with Crippen LogP contribution in [0.3, 0.4) is 0 Å². The van der Waals surface area contributed by atoms with Crippen LogP contribution >= 0.6 is 31.9 Å². The van der Waals surface area contributed by atoms with Gasteiger partial charge in [-0.1, -0.05) is 22.0 Å². The third-order valence-corrected chi connectivity index (χ3v) is 6.02. The minimum atomic E-state index is -0.214. The van der Waals surface area contributed by atoms with Crippen molar-refractivity contribution in [3.05, 3.63) is 38.4 Å². The number of fused-ring (bicyclic) bond motifs is 2. The minimum absolute atomic E-state index is 0.171. The highest BCUT2D eigenvalue weighted by atomic mass is 79.9. The van der Waals surface area contributed by atoms with Crippen LogP contribution in [0, 0.1) is 5.92 Å². The Morgan fingerprint density at radius 1 is 1.39 bits per heavy atom. The average molecular weight is 440 g/mol. The third-order valence-electron chi connectivity index (χ3n) is 4.88.